The molecule has 4 aromatic rings. The van der Waals surface area contributed by atoms with Gasteiger partial charge in [0.15, 0.2) is 0 Å². The van der Waals surface area contributed by atoms with Gasteiger partial charge in [0.1, 0.15) is 24.0 Å². The lowest BCUT2D eigenvalue weighted by molar-refractivity contribution is 0.102. The van der Waals surface area contributed by atoms with Gasteiger partial charge in [-0.15, -0.1) is 0 Å². The number of anilines is 1. The molecule has 0 fully saturated rings. The highest BCUT2D eigenvalue weighted by molar-refractivity contribution is 6.06. The number of aromatic nitrogens is 2. The van der Waals surface area contributed by atoms with E-state index in [4.69, 9.17) is 4.74 Å². The summed E-state index contributed by atoms with van der Waals surface area (Å²) in [6.45, 7) is 1.24. The third-order valence-electron chi connectivity index (χ3n) is 5.03. The second-order valence-electron chi connectivity index (χ2n) is 7.79. The van der Waals surface area contributed by atoms with Crippen molar-refractivity contribution in [3.05, 3.63) is 89.5 Å². The fourth-order valence-electron chi connectivity index (χ4n) is 3.36. The zero-order valence-electron chi connectivity index (χ0n) is 18.1. The molecule has 0 aliphatic heterocycles. The zero-order valence-corrected chi connectivity index (χ0v) is 18.1. The van der Waals surface area contributed by atoms with E-state index in [2.05, 4.69) is 15.3 Å². The van der Waals surface area contributed by atoms with Gasteiger partial charge in [0, 0.05) is 18.7 Å². The number of carbonyl (C=O) groups excluding carboxylic acids is 1. The van der Waals surface area contributed by atoms with Crippen LogP contribution in [0.4, 0.5) is 10.1 Å². The zero-order chi connectivity index (χ0) is 22.5. The molecule has 1 amide bonds. The van der Waals surface area contributed by atoms with Crippen LogP contribution < -0.4 is 10.1 Å². The first-order valence-electron chi connectivity index (χ1n) is 10.4. The van der Waals surface area contributed by atoms with Crippen LogP contribution in [0.5, 0.6) is 5.75 Å². The highest BCUT2D eigenvalue weighted by Crippen LogP contribution is 2.22. The number of benzene rings is 3. The molecule has 0 aliphatic carbocycles. The van der Waals surface area contributed by atoms with E-state index >= 15 is 0 Å². The van der Waals surface area contributed by atoms with Crippen molar-refractivity contribution in [2.75, 3.05) is 32.6 Å². The van der Waals surface area contributed by atoms with Gasteiger partial charge in [0.25, 0.3) is 5.91 Å². The molecule has 3 aromatic carbocycles. The van der Waals surface area contributed by atoms with Crippen molar-refractivity contribution in [2.24, 2.45) is 0 Å². The molecule has 0 radical (unpaired) electrons. The minimum atomic E-state index is -0.257. The molecule has 32 heavy (non-hydrogen) atoms. The number of hydrogen-bond acceptors (Lipinski definition) is 4. The maximum absolute atomic E-state index is 13.9. The third kappa shape index (κ3) is 5.12. The first kappa shape index (κ1) is 21.5. The van der Waals surface area contributed by atoms with Crippen LogP contribution in [0.1, 0.15) is 21.7 Å². The van der Waals surface area contributed by atoms with Gasteiger partial charge in [0.2, 0.25) is 0 Å². The Bertz CT molecular complexity index is 1240. The van der Waals surface area contributed by atoms with Crippen LogP contribution in [0.25, 0.3) is 11.0 Å². The maximum Gasteiger partial charge on any atom is 0.259 e. The van der Waals surface area contributed by atoms with Crippen molar-refractivity contribution < 1.29 is 13.9 Å². The summed E-state index contributed by atoms with van der Waals surface area (Å²) in [6, 6.07) is 19.3. The second kappa shape index (κ2) is 9.62. The molecule has 0 aliphatic rings. The van der Waals surface area contributed by atoms with Gasteiger partial charge in [-0.2, -0.15) is 0 Å². The summed E-state index contributed by atoms with van der Waals surface area (Å²) in [7, 11) is 3.94. The quantitative estimate of drug-likeness (QED) is 0.431. The monoisotopic (exact) mass is 432 g/mol. The van der Waals surface area contributed by atoms with E-state index in [-0.39, 0.29) is 11.7 Å². The number of nitrogens with one attached hydrogen (secondary N) is 2. The number of hydrogen-bond donors (Lipinski definition) is 2. The highest BCUT2D eigenvalue weighted by Gasteiger charge is 2.14. The average molecular weight is 432 g/mol. The summed E-state index contributed by atoms with van der Waals surface area (Å²) in [6.07, 6.45) is 0.362. The topological polar surface area (TPSA) is 70.2 Å². The normalized spacial score (nSPS) is 11.1. The second-order valence-corrected chi connectivity index (χ2v) is 7.79. The number of amides is 1. The van der Waals surface area contributed by atoms with E-state index in [0.717, 1.165) is 17.6 Å². The SMILES string of the molecule is CN(C)CCOc1ccccc1C(=O)Nc1ccc2nc(Cc3ccccc3F)[nH]c2c1. The van der Waals surface area contributed by atoms with Crippen molar-refractivity contribution >= 4 is 22.6 Å². The number of para-hydroxylation sites is 1. The van der Waals surface area contributed by atoms with Gasteiger partial charge < -0.3 is 19.9 Å². The minimum absolute atomic E-state index is 0.254. The van der Waals surface area contributed by atoms with Crippen molar-refractivity contribution in [3.63, 3.8) is 0 Å². The van der Waals surface area contributed by atoms with Crippen molar-refractivity contribution in [3.8, 4) is 5.75 Å². The van der Waals surface area contributed by atoms with Crippen molar-refractivity contribution in [1.29, 1.82) is 0 Å². The lowest BCUT2D eigenvalue weighted by Gasteiger charge is -2.14. The highest BCUT2D eigenvalue weighted by atomic mass is 19.1. The Hall–Kier alpha value is -3.71. The Morgan fingerprint density at radius 3 is 2.69 bits per heavy atom. The summed E-state index contributed by atoms with van der Waals surface area (Å²) in [5.74, 6) is 0.693. The molecule has 4 rings (SSSR count). The van der Waals surface area contributed by atoms with E-state index in [9.17, 15) is 9.18 Å². The van der Waals surface area contributed by atoms with E-state index in [1.807, 2.05) is 37.2 Å². The fourth-order valence-corrected chi connectivity index (χ4v) is 3.36. The van der Waals surface area contributed by atoms with Gasteiger partial charge in [-0.3, -0.25) is 4.79 Å². The first-order valence-corrected chi connectivity index (χ1v) is 10.4. The number of fused-ring (bicyclic) bond motifs is 1. The lowest BCUT2D eigenvalue weighted by atomic mass is 10.1. The van der Waals surface area contributed by atoms with Crippen LogP contribution in [0.15, 0.2) is 66.7 Å². The molecule has 1 heterocycles. The predicted octanol–water partition coefficient (Wildman–Crippen LogP) is 4.49. The van der Waals surface area contributed by atoms with Gasteiger partial charge >= 0.3 is 0 Å². The third-order valence-corrected chi connectivity index (χ3v) is 5.03. The Morgan fingerprint density at radius 1 is 1.09 bits per heavy atom. The van der Waals surface area contributed by atoms with E-state index in [1.54, 1.807) is 42.5 Å². The summed E-state index contributed by atoms with van der Waals surface area (Å²) in [5, 5.41) is 2.92. The van der Waals surface area contributed by atoms with E-state index < -0.39 is 0 Å². The summed E-state index contributed by atoms with van der Waals surface area (Å²) in [4.78, 5) is 22.6. The molecule has 0 saturated carbocycles. The van der Waals surface area contributed by atoms with Crippen LogP contribution in [-0.4, -0.2) is 48.0 Å². The first-order chi connectivity index (χ1) is 15.5. The van der Waals surface area contributed by atoms with Crippen molar-refractivity contribution in [1.82, 2.24) is 14.9 Å². The van der Waals surface area contributed by atoms with Crippen LogP contribution in [0.2, 0.25) is 0 Å². The lowest BCUT2D eigenvalue weighted by Crippen LogP contribution is -2.20. The van der Waals surface area contributed by atoms with Gasteiger partial charge in [-0.1, -0.05) is 30.3 Å². The maximum atomic E-state index is 13.9. The molecule has 0 bridgehead atoms. The number of rotatable bonds is 8. The number of ether oxygens (including phenoxy) is 1. The molecule has 6 nitrogen and oxygen atoms in total. The molecule has 7 heteroatoms. The number of H-pyrrole nitrogens is 1. The predicted molar refractivity (Wildman–Crippen MR) is 124 cm³/mol. The van der Waals surface area contributed by atoms with E-state index in [1.165, 1.54) is 6.07 Å². The molecule has 2 N–H and O–H groups in total. The number of imidazole rings is 1. The molecule has 0 unspecified atom stereocenters. The number of nitrogens with zero attached hydrogens (tertiary/aromatic N) is 2. The largest absolute Gasteiger partial charge is 0.491 e. The molecule has 0 atom stereocenters. The number of carbonyl (C=O) groups is 1. The van der Waals surface area contributed by atoms with Crippen LogP contribution >= 0.6 is 0 Å². The van der Waals surface area contributed by atoms with Crippen LogP contribution in [-0.2, 0) is 6.42 Å². The Morgan fingerprint density at radius 2 is 1.88 bits per heavy atom. The van der Waals surface area contributed by atoms with Gasteiger partial charge in [-0.25, -0.2) is 9.37 Å². The molecule has 0 saturated heterocycles. The fraction of sp³-hybridized carbons (Fsp3) is 0.200. The van der Waals surface area contributed by atoms with Crippen LogP contribution in [0.3, 0.4) is 0 Å². The number of halogens is 1. The van der Waals surface area contributed by atoms with Gasteiger partial charge in [0.05, 0.1) is 16.6 Å². The van der Waals surface area contributed by atoms with Crippen molar-refractivity contribution in [2.45, 2.75) is 6.42 Å². The molecule has 164 valence electrons. The Balaban J connectivity index is 1.49. The average Bonchev–Trinajstić information content (AvgIpc) is 3.17. The Labute approximate surface area is 186 Å². The Kier molecular flexibility index (Phi) is 6.47. The number of aromatic amines is 1. The number of likely N-dealkylation sites (N-methyl/N-ethyl adjacent to an activating group) is 1. The summed E-state index contributed by atoms with van der Waals surface area (Å²) >= 11 is 0. The summed E-state index contributed by atoms with van der Waals surface area (Å²) < 4.78 is 19.7. The molecule has 0 spiro atoms. The van der Waals surface area contributed by atoms with Gasteiger partial charge in [-0.05, 0) is 56.1 Å². The standard InChI is InChI=1S/C25H25FN4O2/c1-30(2)13-14-32-23-10-6-4-8-19(23)25(31)27-18-11-12-21-22(16-18)29-24(28-21)15-17-7-3-5-9-20(17)26/h3-12,16H,13-15H2,1-2H3,(H,27,31)(H,28,29). The summed E-state index contributed by atoms with van der Waals surface area (Å²) in [5.41, 5.74) is 3.19. The van der Waals surface area contributed by atoms with E-state index in [0.29, 0.717) is 41.4 Å². The smallest absolute Gasteiger partial charge is 0.259 e. The molecule has 1 aromatic heterocycles. The van der Waals surface area contributed by atoms with Crippen LogP contribution in [0, 0.1) is 5.82 Å². The minimum Gasteiger partial charge on any atom is -0.491 e. The molecular weight excluding hydrogens is 407 g/mol. The molecular formula is C25H25FN4O2.